The highest BCUT2D eigenvalue weighted by atomic mass is 32.2. The smallest absolute Gasteiger partial charge is 0.278 e. The number of carbonyl (C=O) groups is 1. The zero-order chi connectivity index (χ0) is 25.4. The molecule has 0 unspecified atom stereocenters. The first-order valence-electron chi connectivity index (χ1n) is 11.7. The number of hydrogen-bond donors (Lipinski definition) is 1. The molecule has 37 heavy (non-hydrogen) atoms. The van der Waals surface area contributed by atoms with Crippen molar-refractivity contribution in [3.8, 4) is 5.75 Å². The number of ether oxygens (including phenoxy) is 1. The molecule has 0 aliphatic carbocycles. The zero-order valence-corrected chi connectivity index (χ0v) is 20.8. The molecule has 3 aliphatic heterocycles. The van der Waals surface area contributed by atoms with Crippen LogP contribution in [0.2, 0.25) is 0 Å². The fourth-order valence-corrected chi connectivity index (χ4v) is 8.21. The molecule has 0 radical (unpaired) electrons. The van der Waals surface area contributed by atoms with E-state index in [0.717, 1.165) is 25.9 Å². The Labute approximate surface area is 217 Å². The topological polar surface area (TPSA) is 75.0 Å². The molecular weight excluding hydrogens is 520 g/mol. The molecule has 2 atom stereocenters. The highest BCUT2D eigenvalue weighted by Gasteiger charge is 2.46. The molecule has 4 aromatic rings. The third-order valence-corrected chi connectivity index (χ3v) is 9.66. The molecule has 1 fully saturated rings. The van der Waals surface area contributed by atoms with Crippen molar-refractivity contribution < 1.29 is 23.4 Å². The van der Waals surface area contributed by atoms with Gasteiger partial charge in [0.05, 0.1) is 13.2 Å². The van der Waals surface area contributed by atoms with E-state index >= 15 is 4.39 Å². The van der Waals surface area contributed by atoms with E-state index in [2.05, 4.69) is 0 Å². The van der Waals surface area contributed by atoms with E-state index in [1.54, 1.807) is 22.3 Å². The van der Waals surface area contributed by atoms with Crippen molar-refractivity contribution >= 4 is 39.1 Å². The average molecular weight is 540 g/mol. The first-order chi connectivity index (χ1) is 18.0. The van der Waals surface area contributed by atoms with E-state index < -0.39 is 40.9 Å². The molecule has 5 heterocycles. The molecule has 2 aromatic carbocycles. The molecule has 188 valence electrons. The highest BCUT2D eigenvalue weighted by molar-refractivity contribution is 7.99. The average Bonchev–Trinajstić information content (AvgIpc) is 3.19. The van der Waals surface area contributed by atoms with Crippen molar-refractivity contribution in [1.82, 2.24) is 9.58 Å². The molecule has 0 saturated carbocycles. The van der Waals surface area contributed by atoms with Gasteiger partial charge in [0.25, 0.3) is 5.91 Å². The fraction of sp³-hybridized carbons (Fsp3) is 0.231. The minimum absolute atomic E-state index is 0.158. The molecule has 0 bridgehead atoms. The number of carbonyl (C=O) groups excluding carboxylic acids is 1. The van der Waals surface area contributed by atoms with Crippen LogP contribution in [-0.2, 0) is 10.5 Å². The van der Waals surface area contributed by atoms with Gasteiger partial charge < -0.3 is 14.7 Å². The minimum atomic E-state index is -0.925. The fourth-order valence-electron chi connectivity index (χ4n) is 5.46. The number of aromatic nitrogens is 1. The number of thioether (sulfide) groups is 1. The van der Waals surface area contributed by atoms with Gasteiger partial charge in [-0.15, -0.1) is 23.1 Å². The van der Waals surface area contributed by atoms with Gasteiger partial charge in [-0.3, -0.25) is 19.3 Å². The largest absolute Gasteiger partial charge is 0.502 e. The van der Waals surface area contributed by atoms with Crippen LogP contribution in [0.3, 0.4) is 0 Å². The molecule has 11 heteroatoms. The molecule has 2 aromatic heterocycles. The number of morpholine rings is 1. The summed E-state index contributed by atoms with van der Waals surface area (Å²) in [5.74, 6) is -2.73. The van der Waals surface area contributed by atoms with Crippen LogP contribution < -0.4 is 10.4 Å². The normalized spacial score (nSPS) is 20.8. The van der Waals surface area contributed by atoms with Crippen LogP contribution in [0.15, 0.2) is 58.4 Å². The lowest BCUT2D eigenvalue weighted by Crippen LogP contribution is -2.66. The zero-order valence-electron chi connectivity index (χ0n) is 19.2. The third-order valence-electron chi connectivity index (χ3n) is 7.15. The Balaban J connectivity index is 1.57. The molecule has 7 nitrogen and oxygen atoms in total. The van der Waals surface area contributed by atoms with Gasteiger partial charge in [0, 0.05) is 50.0 Å². The Kier molecular flexibility index (Phi) is 5.11. The Morgan fingerprint density at radius 1 is 1.08 bits per heavy atom. The van der Waals surface area contributed by atoms with E-state index in [1.165, 1.54) is 28.7 Å². The number of fused-ring (bicyclic) bond motifs is 6. The van der Waals surface area contributed by atoms with Crippen molar-refractivity contribution in [2.75, 3.05) is 24.8 Å². The second-order valence-corrected chi connectivity index (χ2v) is 11.1. The monoisotopic (exact) mass is 539 g/mol. The predicted molar refractivity (Wildman–Crippen MR) is 136 cm³/mol. The Bertz CT molecular complexity index is 1670. The molecule has 1 N–H and O–H groups in total. The van der Waals surface area contributed by atoms with Crippen molar-refractivity contribution in [2.24, 2.45) is 0 Å². The quantitative estimate of drug-likeness (QED) is 0.391. The summed E-state index contributed by atoms with van der Waals surface area (Å²) in [6.07, 6.45) is 0.842. The SMILES string of the molecule is O=C1c2c(O)c(=O)ccn2N([C@H]2c3ccc(F)c(F)c3CSc3c2sc2ccccc32)[C@@H]2COCCN12. The lowest BCUT2D eigenvalue weighted by atomic mass is 9.97. The summed E-state index contributed by atoms with van der Waals surface area (Å²) in [4.78, 5) is 29.3. The maximum Gasteiger partial charge on any atom is 0.278 e. The molecule has 1 amide bonds. The van der Waals surface area contributed by atoms with E-state index in [4.69, 9.17) is 4.74 Å². The molecule has 3 aliphatic rings. The van der Waals surface area contributed by atoms with Gasteiger partial charge in [-0.05, 0) is 17.7 Å². The minimum Gasteiger partial charge on any atom is -0.502 e. The lowest BCUT2D eigenvalue weighted by molar-refractivity contribution is -0.0196. The summed E-state index contributed by atoms with van der Waals surface area (Å²) >= 11 is 3.00. The third kappa shape index (κ3) is 3.20. The summed E-state index contributed by atoms with van der Waals surface area (Å²) in [5.41, 5.74) is -0.0247. The first-order valence-corrected chi connectivity index (χ1v) is 13.5. The van der Waals surface area contributed by atoms with E-state index in [1.807, 2.05) is 29.3 Å². The van der Waals surface area contributed by atoms with Gasteiger partial charge in [0.1, 0.15) is 12.2 Å². The van der Waals surface area contributed by atoms with Crippen molar-refractivity contribution in [3.63, 3.8) is 0 Å². The predicted octanol–water partition coefficient (Wildman–Crippen LogP) is 4.19. The summed E-state index contributed by atoms with van der Waals surface area (Å²) in [5, 5.41) is 13.6. The highest BCUT2D eigenvalue weighted by Crippen LogP contribution is 2.51. The van der Waals surface area contributed by atoms with Gasteiger partial charge >= 0.3 is 0 Å². The number of benzene rings is 2. The number of thiophene rings is 1. The summed E-state index contributed by atoms with van der Waals surface area (Å²) in [6, 6.07) is 11.2. The van der Waals surface area contributed by atoms with Crippen molar-refractivity contribution in [2.45, 2.75) is 22.9 Å². The van der Waals surface area contributed by atoms with E-state index in [9.17, 15) is 19.1 Å². The number of rotatable bonds is 1. The maximum atomic E-state index is 15.3. The molecular formula is C26H19F2N3O4S2. The van der Waals surface area contributed by atoms with Crippen LogP contribution in [0, 0.1) is 11.6 Å². The van der Waals surface area contributed by atoms with Gasteiger partial charge in [-0.25, -0.2) is 8.78 Å². The second kappa shape index (κ2) is 8.30. The Hall–Kier alpha value is -3.41. The van der Waals surface area contributed by atoms with Crippen LogP contribution in [0.4, 0.5) is 8.78 Å². The lowest BCUT2D eigenvalue weighted by Gasteiger charge is -2.51. The number of nitrogens with zero attached hydrogens (tertiary/aromatic N) is 3. The van der Waals surface area contributed by atoms with Gasteiger partial charge in [0.2, 0.25) is 5.43 Å². The van der Waals surface area contributed by atoms with Crippen LogP contribution in [0.5, 0.6) is 5.75 Å². The van der Waals surface area contributed by atoms with Crippen molar-refractivity contribution in [1.29, 1.82) is 0 Å². The summed E-state index contributed by atoms with van der Waals surface area (Å²) in [7, 11) is 0. The van der Waals surface area contributed by atoms with E-state index in [-0.39, 0.29) is 30.2 Å². The second-order valence-electron chi connectivity index (χ2n) is 9.07. The van der Waals surface area contributed by atoms with Gasteiger partial charge in [0.15, 0.2) is 23.1 Å². The summed E-state index contributed by atoms with van der Waals surface area (Å²) in [6.45, 7) is 0.730. The Morgan fingerprint density at radius 3 is 2.78 bits per heavy atom. The number of hydrogen-bond acceptors (Lipinski definition) is 7. The maximum absolute atomic E-state index is 15.3. The summed E-state index contributed by atoms with van der Waals surface area (Å²) < 4.78 is 38.0. The van der Waals surface area contributed by atoms with Crippen LogP contribution >= 0.6 is 23.1 Å². The molecule has 0 spiro atoms. The molecule has 7 rings (SSSR count). The number of pyridine rings is 1. The number of halogens is 2. The first kappa shape index (κ1) is 22.8. The van der Waals surface area contributed by atoms with Crippen LogP contribution in [-0.4, -0.2) is 46.5 Å². The van der Waals surface area contributed by atoms with Crippen molar-refractivity contribution in [3.05, 3.63) is 92.2 Å². The Morgan fingerprint density at radius 2 is 1.92 bits per heavy atom. The van der Waals surface area contributed by atoms with Crippen LogP contribution in [0.25, 0.3) is 10.1 Å². The van der Waals surface area contributed by atoms with Crippen LogP contribution in [0.1, 0.15) is 32.5 Å². The van der Waals surface area contributed by atoms with Gasteiger partial charge in [-0.1, -0.05) is 24.3 Å². The number of amides is 1. The standard InChI is InChI=1S/C26H19F2N3O4S2/c27-16-6-5-13-15(20(16)28)12-36-24-14-3-1-2-4-18(14)37-25(24)21(13)31-19-11-35-10-9-29(19)26(34)22-23(33)17(32)7-8-30(22)31/h1-8,19,21,33H,9-12H2/t19-,21+/m1/s1. The van der Waals surface area contributed by atoms with E-state index in [0.29, 0.717) is 12.2 Å². The molecule has 1 saturated heterocycles. The van der Waals surface area contributed by atoms with Gasteiger partial charge in [-0.2, -0.15) is 0 Å². The number of aromatic hydroxyl groups is 1.